The smallest absolute Gasteiger partial charge is 0.326 e. The Labute approximate surface area is 182 Å². The van der Waals surface area contributed by atoms with E-state index in [1.165, 1.54) is 0 Å². The molecule has 2 heterocycles. The summed E-state index contributed by atoms with van der Waals surface area (Å²) in [6.45, 7) is 0.631. The Hall–Kier alpha value is -3.07. The fourth-order valence-electron chi connectivity index (χ4n) is 4.35. The molecular formula is C21H23ClN4O5. The first kappa shape index (κ1) is 21.2. The number of aromatic nitrogens is 2. The molecule has 9 nitrogen and oxygen atoms in total. The van der Waals surface area contributed by atoms with Crippen LogP contribution in [-0.4, -0.2) is 52.4 Å². The average Bonchev–Trinajstić information content (AvgIpc) is 3.10. The van der Waals surface area contributed by atoms with Crippen LogP contribution in [-0.2, 0) is 4.79 Å². The number of H-pyrrole nitrogens is 2. The highest BCUT2D eigenvalue weighted by Crippen LogP contribution is 2.50. The van der Waals surface area contributed by atoms with E-state index >= 15 is 0 Å². The van der Waals surface area contributed by atoms with E-state index in [1.807, 2.05) is 0 Å². The summed E-state index contributed by atoms with van der Waals surface area (Å²) >= 11 is 5.91. The van der Waals surface area contributed by atoms with E-state index in [4.69, 9.17) is 16.3 Å². The number of rotatable bonds is 6. The molecule has 10 heteroatoms. The number of carbonyl (C=O) groups is 2. The summed E-state index contributed by atoms with van der Waals surface area (Å²) < 4.78 is 5.45. The van der Waals surface area contributed by atoms with Crippen molar-refractivity contribution >= 4 is 23.4 Å². The maximum atomic E-state index is 13.0. The monoisotopic (exact) mass is 446 g/mol. The largest absolute Gasteiger partial charge is 0.484 e. The van der Waals surface area contributed by atoms with E-state index in [0.29, 0.717) is 17.3 Å². The maximum absolute atomic E-state index is 13.0. The molecule has 2 amide bonds. The van der Waals surface area contributed by atoms with Gasteiger partial charge in [0.1, 0.15) is 11.4 Å². The third kappa shape index (κ3) is 4.82. The molecule has 1 atom stereocenters. The second-order valence-electron chi connectivity index (χ2n) is 8.20. The molecule has 3 N–H and O–H groups in total. The minimum absolute atomic E-state index is 0.0455. The summed E-state index contributed by atoms with van der Waals surface area (Å²) in [6.07, 6.45) is 3.91. The highest BCUT2D eigenvalue weighted by Gasteiger charge is 2.49. The third-order valence-electron chi connectivity index (χ3n) is 5.98. The number of nitrogens with one attached hydrogen (secondary N) is 3. The number of benzene rings is 1. The van der Waals surface area contributed by atoms with E-state index in [0.717, 1.165) is 31.7 Å². The van der Waals surface area contributed by atoms with E-state index < -0.39 is 17.2 Å². The number of hydrogen-bond acceptors (Lipinski definition) is 5. The fourth-order valence-corrected chi connectivity index (χ4v) is 4.53. The summed E-state index contributed by atoms with van der Waals surface area (Å²) in [6, 6.07) is 7.63. The Kier molecular flexibility index (Phi) is 5.86. The molecule has 0 radical (unpaired) electrons. The second kappa shape index (κ2) is 8.58. The summed E-state index contributed by atoms with van der Waals surface area (Å²) in [5.74, 6) is -0.236. The Morgan fingerprint density at radius 1 is 1.23 bits per heavy atom. The maximum Gasteiger partial charge on any atom is 0.326 e. The molecule has 31 heavy (non-hydrogen) atoms. The third-order valence-corrected chi connectivity index (χ3v) is 6.22. The molecule has 2 fully saturated rings. The van der Waals surface area contributed by atoms with Gasteiger partial charge in [0.2, 0.25) is 0 Å². The number of amides is 2. The first-order valence-electron chi connectivity index (χ1n) is 10.1. The van der Waals surface area contributed by atoms with Crippen molar-refractivity contribution in [1.29, 1.82) is 0 Å². The molecule has 2 aromatic rings. The lowest BCUT2D eigenvalue weighted by molar-refractivity contribution is -0.123. The molecule has 1 unspecified atom stereocenters. The SMILES string of the molecule is O=C(COc1cccc(Cl)c1)NCC1CC2(CCC2)CN1C(=O)c1cc(=O)[nH]c(=O)[nH]1. The topological polar surface area (TPSA) is 124 Å². The Balaban J connectivity index is 1.40. The van der Waals surface area contributed by atoms with Crippen molar-refractivity contribution in [3.8, 4) is 5.75 Å². The molecule has 1 aliphatic carbocycles. The number of nitrogens with zero attached hydrogens (tertiary/aromatic N) is 1. The molecule has 1 aliphatic heterocycles. The highest BCUT2D eigenvalue weighted by molar-refractivity contribution is 6.30. The lowest BCUT2D eigenvalue weighted by atomic mass is 9.67. The number of halogens is 1. The molecular weight excluding hydrogens is 424 g/mol. The van der Waals surface area contributed by atoms with E-state index in [2.05, 4.69) is 15.3 Å². The van der Waals surface area contributed by atoms with Gasteiger partial charge in [-0.1, -0.05) is 24.1 Å². The minimum Gasteiger partial charge on any atom is -0.484 e. The number of ether oxygens (including phenoxy) is 1. The summed E-state index contributed by atoms with van der Waals surface area (Å²) in [7, 11) is 0. The van der Waals surface area contributed by atoms with Crippen LogP contribution in [0, 0.1) is 5.41 Å². The number of hydrogen-bond donors (Lipinski definition) is 3. The van der Waals surface area contributed by atoms with Gasteiger partial charge in [-0.05, 0) is 42.9 Å². The lowest BCUT2D eigenvalue weighted by Crippen LogP contribution is -2.45. The van der Waals surface area contributed by atoms with Crippen LogP contribution in [0.2, 0.25) is 5.02 Å². The molecule has 164 valence electrons. The van der Waals surface area contributed by atoms with Crippen molar-refractivity contribution in [2.24, 2.45) is 5.41 Å². The van der Waals surface area contributed by atoms with Gasteiger partial charge < -0.3 is 19.9 Å². The highest BCUT2D eigenvalue weighted by atomic mass is 35.5. The van der Waals surface area contributed by atoms with E-state index in [1.54, 1.807) is 29.2 Å². The van der Waals surface area contributed by atoms with Crippen LogP contribution >= 0.6 is 11.6 Å². The van der Waals surface area contributed by atoms with Gasteiger partial charge in [0.15, 0.2) is 6.61 Å². The molecule has 4 rings (SSSR count). The Bertz CT molecular complexity index is 1080. The van der Waals surface area contributed by atoms with Crippen molar-refractivity contribution in [3.05, 3.63) is 61.9 Å². The van der Waals surface area contributed by atoms with Gasteiger partial charge in [0, 0.05) is 24.2 Å². The Morgan fingerprint density at radius 3 is 2.71 bits per heavy atom. The summed E-state index contributed by atoms with van der Waals surface area (Å²) in [5.41, 5.74) is -1.36. The molecule has 1 spiro atoms. The second-order valence-corrected chi connectivity index (χ2v) is 8.63. The number of aromatic amines is 2. The van der Waals surface area contributed by atoms with E-state index in [9.17, 15) is 19.2 Å². The van der Waals surface area contributed by atoms with Crippen molar-refractivity contribution in [2.75, 3.05) is 19.7 Å². The normalized spacial score (nSPS) is 19.1. The van der Waals surface area contributed by atoms with Gasteiger partial charge in [0.25, 0.3) is 17.4 Å². The quantitative estimate of drug-likeness (QED) is 0.616. The fraction of sp³-hybridized carbons (Fsp3) is 0.429. The van der Waals surface area contributed by atoms with Crippen LogP contribution in [0.5, 0.6) is 5.75 Å². The first-order valence-corrected chi connectivity index (χ1v) is 10.5. The molecule has 1 aromatic carbocycles. The van der Waals surface area contributed by atoms with Crippen LogP contribution in [0.4, 0.5) is 0 Å². The zero-order chi connectivity index (χ0) is 22.0. The van der Waals surface area contributed by atoms with Crippen molar-refractivity contribution < 1.29 is 14.3 Å². The molecule has 1 aromatic heterocycles. The van der Waals surface area contributed by atoms with Crippen molar-refractivity contribution in [3.63, 3.8) is 0 Å². The molecule has 2 aliphatic rings. The molecule has 0 bridgehead atoms. The van der Waals surface area contributed by atoms with Gasteiger partial charge in [-0.25, -0.2) is 4.79 Å². The standard InChI is InChI=1S/C21H23ClN4O5/c22-13-3-1-4-15(7-13)31-11-18(28)23-10-14-9-21(5-2-6-21)12-26(14)19(29)16-8-17(27)25-20(30)24-16/h1,3-4,7-8,14H,2,5-6,9-12H2,(H,23,28)(H2,24,25,27,30). The van der Waals surface area contributed by atoms with Crippen LogP contribution < -0.4 is 21.3 Å². The van der Waals surface area contributed by atoms with Gasteiger partial charge in [-0.15, -0.1) is 0 Å². The van der Waals surface area contributed by atoms with Crippen molar-refractivity contribution in [1.82, 2.24) is 20.2 Å². The minimum atomic E-state index is -0.726. The van der Waals surface area contributed by atoms with Gasteiger partial charge in [-0.2, -0.15) is 0 Å². The van der Waals surface area contributed by atoms with E-state index in [-0.39, 0.29) is 36.2 Å². The zero-order valence-corrected chi connectivity index (χ0v) is 17.5. The zero-order valence-electron chi connectivity index (χ0n) is 16.8. The van der Waals surface area contributed by atoms with Crippen LogP contribution in [0.3, 0.4) is 0 Å². The van der Waals surface area contributed by atoms with Crippen LogP contribution in [0.1, 0.15) is 36.2 Å². The number of likely N-dealkylation sites (tertiary alicyclic amines) is 1. The van der Waals surface area contributed by atoms with Crippen molar-refractivity contribution in [2.45, 2.75) is 31.7 Å². The van der Waals surface area contributed by atoms with Gasteiger partial charge >= 0.3 is 5.69 Å². The van der Waals surface area contributed by atoms with Gasteiger partial charge in [-0.3, -0.25) is 19.4 Å². The first-order chi connectivity index (χ1) is 14.8. The Morgan fingerprint density at radius 2 is 2.03 bits per heavy atom. The predicted octanol–water partition coefficient (Wildman–Crippen LogP) is 1.30. The molecule has 1 saturated heterocycles. The predicted molar refractivity (Wildman–Crippen MR) is 113 cm³/mol. The van der Waals surface area contributed by atoms with Crippen LogP contribution in [0.15, 0.2) is 39.9 Å². The average molecular weight is 447 g/mol. The number of carbonyl (C=O) groups excluding carboxylic acids is 2. The summed E-state index contributed by atoms with van der Waals surface area (Å²) in [4.78, 5) is 54.6. The van der Waals surface area contributed by atoms with Gasteiger partial charge in [0.05, 0.1) is 6.04 Å². The summed E-state index contributed by atoms with van der Waals surface area (Å²) in [5, 5.41) is 3.34. The van der Waals surface area contributed by atoms with Crippen LogP contribution in [0.25, 0.3) is 0 Å². The molecule has 1 saturated carbocycles. The lowest BCUT2D eigenvalue weighted by Gasteiger charge is -2.37.